The van der Waals surface area contributed by atoms with Gasteiger partial charge in [0.2, 0.25) is 5.91 Å². The van der Waals surface area contributed by atoms with Crippen LogP contribution in [0.3, 0.4) is 0 Å². The van der Waals surface area contributed by atoms with Gasteiger partial charge in [0.25, 0.3) is 0 Å². The molecule has 114 valence electrons. The van der Waals surface area contributed by atoms with Crippen LogP contribution in [0.15, 0.2) is 10.9 Å². The third-order valence-corrected chi connectivity index (χ3v) is 6.75. The van der Waals surface area contributed by atoms with Crippen molar-refractivity contribution in [1.82, 2.24) is 9.88 Å². The molecule has 1 heterocycles. The number of hydrogen-bond acceptors (Lipinski definition) is 3. The van der Waals surface area contributed by atoms with Crippen LogP contribution in [0.2, 0.25) is 0 Å². The molecule has 4 fully saturated rings. The highest BCUT2D eigenvalue weighted by Crippen LogP contribution is 2.64. The molecular formula is C16H21ClN2OS. The van der Waals surface area contributed by atoms with Crippen LogP contribution < -0.4 is 0 Å². The largest absolute Gasteiger partial charge is 0.339 e. The van der Waals surface area contributed by atoms with Gasteiger partial charge < -0.3 is 4.90 Å². The zero-order valence-corrected chi connectivity index (χ0v) is 13.9. The van der Waals surface area contributed by atoms with Crippen molar-refractivity contribution in [1.29, 1.82) is 0 Å². The van der Waals surface area contributed by atoms with Crippen LogP contribution in [0.4, 0.5) is 0 Å². The summed E-state index contributed by atoms with van der Waals surface area (Å²) in [6, 6.07) is 0. The average molecular weight is 325 g/mol. The average Bonchev–Trinajstić information content (AvgIpc) is 2.87. The summed E-state index contributed by atoms with van der Waals surface area (Å²) in [6.45, 7) is 0.620. The predicted molar refractivity (Wildman–Crippen MR) is 84.3 cm³/mol. The molecule has 0 saturated heterocycles. The molecule has 0 spiro atoms. The van der Waals surface area contributed by atoms with Crippen LogP contribution in [0.1, 0.15) is 44.2 Å². The van der Waals surface area contributed by atoms with Crippen molar-refractivity contribution in [2.45, 2.75) is 49.9 Å². The Morgan fingerprint density at radius 2 is 2.14 bits per heavy atom. The summed E-state index contributed by atoms with van der Waals surface area (Å²) in [5.74, 6) is 1.63. The van der Waals surface area contributed by atoms with Crippen molar-refractivity contribution in [3.05, 3.63) is 16.6 Å². The number of halogens is 1. The molecule has 2 atom stereocenters. The number of hydrogen-bond donors (Lipinski definition) is 0. The fourth-order valence-electron chi connectivity index (χ4n) is 5.44. The molecule has 2 unspecified atom stereocenters. The molecule has 1 aromatic heterocycles. The van der Waals surface area contributed by atoms with Gasteiger partial charge in [0, 0.05) is 17.3 Å². The van der Waals surface area contributed by atoms with Crippen molar-refractivity contribution >= 4 is 28.8 Å². The van der Waals surface area contributed by atoms with Gasteiger partial charge in [0.1, 0.15) is 0 Å². The van der Waals surface area contributed by atoms with Crippen LogP contribution in [0.5, 0.6) is 0 Å². The third-order valence-electron chi connectivity index (χ3n) is 5.67. The summed E-state index contributed by atoms with van der Waals surface area (Å²) in [5, 5.41) is 2.02. The molecule has 3 nitrogen and oxygen atoms in total. The quantitative estimate of drug-likeness (QED) is 0.795. The fourth-order valence-corrected chi connectivity index (χ4v) is 6.68. The number of nitrogens with zero attached hydrogens (tertiary/aromatic N) is 2. The Labute approximate surface area is 134 Å². The highest BCUT2D eigenvalue weighted by atomic mass is 35.5. The third kappa shape index (κ3) is 2.31. The summed E-state index contributed by atoms with van der Waals surface area (Å²) in [4.78, 5) is 19.2. The summed E-state index contributed by atoms with van der Waals surface area (Å²) in [5.41, 5.74) is 2.63. The van der Waals surface area contributed by atoms with Crippen LogP contribution in [-0.2, 0) is 11.3 Å². The lowest BCUT2D eigenvalue weighted by molar-refractivity contribution is -0.155. The van der Waals surface area contributed by atoms with Gasteiger partial charge in [0.15, 0.2) is 0 Å². The van der Waals surface area contributed by atoms with Gasteiger partial charge in [-0.15, -0.1) is 22.9 Å². The minimum absolute atomic E-state index is 0.0960. The van der Waals surface area contributed by atoms with Crippen molar-refractivity contribution < 1.29 is 4.79 Å². The first-order valence-electron chi connectivity index (χ1n) is 7.80. The Balaban J connectivity index is 1.56. The molecule has 5 rings (SSSR count). The Morgan fingerprint density at radius 1 is 1.43 bits per heavy atom. The van der Waals surface area contributed by atoms with Crippen LogP contribution in [-0.4, -0.2) is 27.7 Å². The zero-order valence-electron chi connectivity index (χ0n) is 12.3. The second kappa shape index (κ2) is 4.69. The summed E-state index contributed by atoms with van der Waals surface area (Å²) < 4.78 is 0. The smallest absolute Gasteiger partial charge is 0.228 e. The van der Waals surface area contributed by atoms with Gasteiger partial charge in [-0.3, -0.25) is 4.79 Å². The Kier molecular flexibility index (Phi) is 3.13. The molecule has 0 radical (unpaired) electrons. The molecule has 0 aromatic carbocycles. The zero-order chi connectivity index (χ0) is 14.7. The highest BCUT2D eigenvalue weighted by Gasteiger charge is 2.60. The minimum Gasteiger partial charge on any atom is -0.339 e. The van der Waals surface area contributed by atoms with Crippen LogP contribution in [0, 0.1) is 17.3 Å². The first kappa shape index (κ1) is 14.0. The minimum atomic E-state index is -0.184. The van der Waals surface area contributed by atoms with Crippen LogP contribution in [0.25, 0.3) is 0 Å². The van der Waals surface area contributed by atoms with E-state index in [1.807, 2.05) is 22.8 Å². The van der Waals surface area contributed by atoms with E-state index < -0.39 is 0 Å². The van der Waals surface area contributed by atoms with E-state index in [1.165, 1.54) is 6.42 Å². The molecule has 1 amide bonds. The Hall–Kier alpha value is -0.610. The standard InChI is InChI=1S/C16H21ClN2OS/c1-19(7-13-8-21-10-18-13)14(20)15-3-11-2-12(4-15)6-16(17,5-11)9-15/h8,10-12H,2-7,9H2,1H3. The number of thiazole rings is 1. The topological polar surface area (TPSA) is 33.2 Å². The summed E-state index contributed by atoms with van der Waals surface area (Å²) in [6.07, 6.45) is 6.52. The van der Waals surface area contributed by atoms with E-state index in [0.717, 1.165) is 37.8 Å². The highest BCUT2D eigenvalue weighted by molar-refractivity contribution is 7.07. The molecular weight excluding hydrogens is 304 g/mol. The monoisotopic (exact) mass is 324 g/mol. The van der Waals surface area contributed by atoms with Gasteiger partial charge in [0.05, 0.1) is 23.2 Å². The Morgan fingerprint density at radius 3 is 2.71 bits per heavy atom. The molecule has 4 aliphatic rings. The second-order valence-corrected chi connectivity index (χ2v) is 9.05. The first-order valence-corrected chi connectivity index (χ1v) is 9.12. The molecule has 5 heteroatoms. The lowest BCUT2D eigenvalue weighted by Crippen LogP contribution is -2.58. The Bertz CT molecular complexity index is 545. The number of alkyl halides is 1. The molecule has 0 aliphatic heterocycles. The number of amides is 1. The number of rotatable bonds is 3. The number of carbonyl (C=O) groups excluding carboxylic acids is 1. The lowest BCUT2D eigenvalue weighted by atomic mass is 9.49. The lowest BCUT2D eigenvalue weighted by Gasteiger charge is -2.59. The molecule has 4 saturated carbocycles. The molecule has 0 N–H and O–H groups in total. The summed E-state index contributed by atoms with van der Waals surface area (Å²) >= 11 is 8.41. The molecule has 4 bridgehead atoms. The second-order valence-electron chi connectivity index (χ2n) is 7.53. The van der Waals surface area contributed by atoms with Gasteiger partial charge in [-0.1, -0.05) is 0 Å². The van der Waals surface area contributed by atoms with E-state index in [9.17, 15) is 4.79 Å². The molecule has 1 aromatic rings. The maximum atomic E-state index is 13.1. The van der Waals surface area contributed by atoms with E-state index in [4.69, 9.17) is 11.6 Å². The fraction of sp³-hybridized carbons (Fsp3) is 0.750. The van der Waals surface area contributed by atoms with E-state index in [2.05, 4.69) is 4.98 Å². The van der Waals surface area contributed by atoms with Crippen LogP contribution >= 0.6 is 22.9 Å². The van der Waals surface area contributed by atoms with E-state index in [0.29, 0.717) is 24.3 Å². The number of aromatic nitrogens is 1. The van der Waals surface area contributed by atoms with Crippen molar-refractivity contribution in [3.63, 3.8) is 0 Å². The molecule has 4 aliphatic carbocycles. The SMILES string of the molecule is CN(Cc1cscn1)C(=O)C12CC3CC(CC(Cl)(C3)C1)C2. The molecule has 21 heavy (non-hydrogen) atoms. The maximum Gasteiger partial charge on any atom is 0.228 e. The maximum absolute atomic E-state index is 13.1. The van der Waals surface area contributed by atoms with Crippen molar-refractivity contribution in [2.24, 2.45) is 17.3 Å². The first-order chi connectivity index (χ1) is 9.98. The van der Waals surface area contributed by atoms with Gasteiger partial charge >= 0.3 is 0 Å². The number of carbonyl (C=O) groups is 1. The summed E-state index contributed by atoms with van der Waals surface area (Å²) in [7, 11) is 1.92. The van der Waals surface area contributed by atoms with Gasteiger partial charge in [-0.05, 0) is 50.4 Å². The van der Waals surface area contributed by atoms with E-state index in [1.54, 1.807) is 11.3 Å². The van der Waals surface area contributed by atoms with E-state index in [-0.39, 0.29) is 10.3 Å². The van der Waals surface area contributed by atoms with E-state index >= 15 is 0 Å². The van der Waals surface area contributed by atoms with Gasteiger partial charge in [-0.2, -0.15) is 0 Å². The van der Waals surface area contributed by atoms with Crippen molar-refractivity contribution in [2.75, 3.05) is 7.05 Å². The predicted octanol–water partition coefficient (Wildman–Crippen LogP) is 3.68. The van der Waals surface area contributed by atoms with Crippen molar-refractivity contribution in [3.8, 4) is 0 Å². The van der Waals surface area contributed by atoms with Gasteiger partial charge in [-0.25, -0.2) is 4.98 Å². The normalized spacial score (nSPS) is 40.5.